The van der Waals surface area contributed by atoms with Crippen LogP contribution < -0.4 is 19.9 Å². The van der Waals surface area contributed by atoms with E-state index in [0.717, 1.165) is 30.3 Å². The molecule has 242 valence electrons. The number of halogens is 2. The number of carbonyl (C=O) groups excluding carboxylic acids is 1. The molecule has 0 atom stereocenters. The van der Waals surface area contributed by atoms with Gasteiger partial charge in [0.15, 0.2) is 11.5 Å². The van der Waals surface area contributed by atoms with E-state index >= 15 is 8.78 Å². The number of carboxylic acid groups (broad SMARTS) is 1. The molecule has 1 aliphatic rings. The van der Waals surface area contributed by atoms with Gasteiger partial charge in [-0.3, -0.25) is 10.4 Å². The lowest BCUT2D eigenvalue weighted by Gasteiger charge is -2.17. The zero-order valence-electron chi connectivity index (χ0n) is 24.9. The summed E-state index contributed by atoms with van der Waals surface area (Å²) in [5, 5.41) is 27.6. The molecule has 0 saturated heterocycles. The maximum atomic E-state index is 16.0. The topological polar surface area (TPSA) is 190 Å². The third-order valence-corrected chi connectivity index (χ3v) is 6.70. The second kappa shape index (κ2) is 13.4. The number of nitrogens with two attached hydrogens (primary N) is 1. The summed E-state index contributed by atoms with van der Waals surface area (Å²) in [7, 11) is 1.86. The first-order chi connectivity index (χ1) is 22.4. The second-order valence-corrected chi connectivity index (χ2v) is 10.0. The van der Waals surface area contributed by atoms with E-state index in [2.05, 4.69) is 9.98 Å². The SMILES string of the molecule is CCOC(=O)c1cc(Oc2c(F)c(Oc3cccc(C4=NCCN4C)c3)nc(Oc3cc(C(=N)N)ccc3O)c2F)cc(C(=O)O)c1. The molecule has 4 aromatic rings. The molecule has 0 bridgehead atoms. The van der Waals surface area contributed by atoms with Crippen LogP contribution in [0.4, 0.5) is 8.78 Å². The summed E-state index contributed by atoms with van der Waals surface area (Å²) in [6, 6.07) is 13.0. The number of phenols is 1. The molecule has 2 heterocycles. The van der Waals surface area contributed by atoms with Gasteiger partial charge in [-0.2, -0.15) is 13.8 Å². The van der Waals surface area contributed by atoms with Crippen LogP contribution in [0.25, 0.3) is 0 Å². The van der Waals surface area contributed by atoms with Crippen molar-refractivity contribution in [1.82, 2.24) is 9.88 Å². The Labute approximate surface area is 265 Å². The van der Waals surface area contributed by atoms with Crippen LogP contribution in [-0.4, -0.2) is 70.5 Å². The minimum atomic E-state index is -1.52. The molecule has 0 radical (unpaired) electrons. The van der Waals surface area contributed by atoms with Crippen LogP contribution in [0.2, 0.25) is 0 Å². The van der Waals surface area contributed by atoms with Crippen LogP contribution in [0, 0.1) is 17.0 Å². The molecule has 47 heavy (non-hydrogen) atoms. The maximum absolute atomic E-state index is 16.0. The zero-order valence-corrected chi connectivity index (χ0v) is 24.9. The van der Waals surface area contributed by atoms with Gasteiger partial charge in [0.25, 0.3) is 11.8 Å². The molecule has 1 aromatic heterocycles. The van der Waals surface area contributed by atoms with Gasteiger partial charge >= 0.3 is 11.9 Å². The van der Waals surface area contributed by atoms with Crippen molar-refractivity contribution in [2.45, 2.75) is 6.92 Å². The molecule has 0 amide bonds. The first-order valence-electron chi connectivity index (χ1n) is 14.0. The van der Waals surface area contributed by atoms with E-state index in [4.69, 9.17) is 30.1 Å². The van der Waals surface area contributed by atoms with Crippen LogP contribution in [-0.2, 0) is 4.74 Å². The molecule has 15 heteroatoms. The quantitative estimate of drug-likeness (QED) is 0.0940. The minimum Gasteiger partial charge on any atom is -0.504 e. The summed E-state index contributed by atoms with van der Waals surface area (Å²) in [6.45, 7) is 2.81. The first-order valence-corrected chi connectivity index (χ1v) is 14.0. The second-order valence-electron chi connectivity index (χ2n) is 10.0. The highest BCUT2D eigenvalue weighted by atomic mass is 19.1. The number of aliphatic imine (C=N–C) groups is 1. The van der Waals surface area contributed by atoms with Crippen LogP contribution in [0.1, 0.15) is 38.8 Å². The fourth-order valence-electron chi connectivity index (χ4n) is 4.46. The Morgan fingerprint density at radius 1 is 0.957 bits per heavy atom. The molecule has 0 aliphatic carbocycles. The Morgan fingerprint density at radius 3 is 2.34 bits per heavy atom. The van der Waals surface area contributed by atoms with Gasteiger partial charge in [0.2, 0.25) is 17.4 Å². The maximum Gasteiger partial charge on any atom is 0.338 e. The summed E-state index contributed by atoms with van der Waals surface area (Å²) < 4.78 is 53.7. The van der Waals surface area contributed by atoms with Crippen molar-refractivity contribution in [3.8, 4) is 40.5 Å². The molecule has 0 unspecified atom stereocenters. The van der Waals surface area contributed by atoms with Gasteiger partial charge < -0.3 is 39.8 Å². The number of hydrogen-bond donors (Lipinski definition) is 4. The van der Waals surface area contributed by atoms with E-state index < -0.39 is 63.9 Å². The number of aromatic hydroxyl groups is 1. The monoisotopic (exact) mass is 647 g/mol. The highest BCUT2D eigenvalue weighted by Gasteiger charge is 2.28. The van der Waals surface area contributed by atoms with Crippen molar-refractivity contribution in [1.29, 1.82) is 5.41 Å². The van der Waals surface area contributed by atoms with Gasteiger partial charge in [-0.25, -0.2) is 9.59 Å². The van der Waals surface area contributed by atoms with Crippen LogP contribution in [0.15, 0.2) is 65.7 Å². The average Bonchev–Trinajstić information content (AvgIpc) is 3.48. The number of hydrogen-bond acceptors (Lipinski definition) is 11. The van der Waals surface area contributed by atoms with Gasteiger partial charge in [-0.1, -0.05) is 12.1 Å². The van der Waals surface area contributed by atoms with E-state index in [0.29, 0.717) is 24.5 Å². The van der Waals surface area contributed by atoms with Gasteiger partial charge in [0.05, 0.1) is 24.3 Å². The standard InChI is InChI=1S/C32H27F2N5O8/c1-3-44-32(43)19-11-18(31(41)42)13-21(14-19)45-26-24(33)29(46-20-6-4-5-17(12-20)28-37-9-10-39(28)2)38-30(25(26)34)47-23-15-16(27(35)36)7-8-22(23)40/h4-8,11-15,40H,3,9-10H2,1-2H3,(H3,35,36)(H,41,42). The number of pyridine rings is 1. The Kier molecular flexibility index (Phi) is 9.16. The molecule has 0 fully saturated rings. The highest BCUT2D eigenvalue weighted by molar-refractivity contribution is 6.00. The number of esters is 1. The number of nitrogens with zero attached hydrogens (tertiary/aromatic N) is 3. The Morgan fingerprint density at radius 2 is 1.68 bits per heavy atom. The van der Waals surface area contributed by atoms with Crippen molar-refractivity contribution in [2.24, 2.45) is 10.7 Å². The Bertz CT molecular complexity index is 1930. The largest absolute Gasteiger partial charge is 0.504 e. The highest BCUT2D eigenvalue weighted by Crippen LogP contribution is 2.41. The van der Waals surface area contributed by atoms with E-state index in [-0.39, 0.29) is 29.3 Å². The third kappa shape index (κ3) is 7.03. The lowest BCUT2D eigenvalue weighted by molar-refractivity contribution is 0.0526. The number of nitrogen functional groups attached to an aromatic ring is 1. The molecule has 3 aromatic carbocycles. The lowest BCUT2D eigenvalue weighted by Crippen LogP contribution is -2.23. The summed E-state index contributed by atoms with van der Waals surface area (Å²) in [5.74, 6) is -9.17. The molecule has 0 saturated carbocycles. The zero-order chi connectivity index (χ0) is 33.8. The number of carboxylic acids is 1. The summed E-state index contributed by atoms with van der Waals surface area (Å²) >= 11 is 0. The molecule has 1 aliphatic heterocycles. The van der Waals surface area contributed by atoms with Gasteiger partial charge in [0, 0.05) is 24.7 Å². The predicted molar refractivity (Wildman–Crippen MR) is 163 cm³/mol. The van der Waals surface area contributed by atoms with E-state index in [9.17, 15) is 19.8 Å². The smallest absolute Gasteiger partial charge is 0.338 e. The van der Waals surface area contributed by atoms with Gasteiger partial charge in [0.1, 0.15) is 23.2 Å². The summed E-state index contributed by atoms with van der Waals surface area (Å²) in [4.78, 5) is 34.4. The van der Waals surface area contributed by atoms with Crippen molar-refractivity contribution < 1.29 is 47.5 Å². The molecule has 0 spiro atoms. The molecular formula is C32H27F2N5O8. The number of nitrogens with one attached hydrogen (secondary N) is 1. The lowest BCUT2D eigenvalue weighted by atomic mass is 10.1. The Balaban J connectivity index is 1.62. The van der Waals surface area contributed by atoms with Crippen molar-refractivity contribution >= 4 is 23.6 Å². The molecular weight excluding hydrogens is 620 g/mol. The van der Waals surface area contributed by atoms with E-state index in [1.54, 1.807) is 25.1 Å². The Hall–Kier alpha value is -6.25. The van der Waals surface area contributed by atoms with E-state index in [1.165, 1.54) is 12.1 Å². The predicted octanol–water partition coefficient (Wildman–Crippen LogP) is 5.29. The van der Waals surface area contributed by atoms with Crippen LogP contribution in [0.5, 0.6) is 40.5 Å². The fraction of sp³-hybridized carbons (Fsp3) is 0.156. The number of aromatic nitrogens is 1. The number of carbonyl (C=O) groups is 2. The summed E-state index contributed by atoms with van der Waals surface area (Å²) in [5.41, 5.74) is 5.60. The fourth-order valence-corrected chi connectivity index (χ4v) is 4.46. The molecule has 13 nitrogen and oxygen atoms in total. The number of rotatable bonds is 11. The summed E-state index contributed by atoms with van der Waals surface area (Å²) in [6.07, 6.45) is 0. The normalized spacial score (nSPS) is 12.3. The number of phenolic OH excluding ortho intramolecular Hbond substituents is 1. The number of ether oxygens (including phenoxy) is 4. The first kappa shape index (κ1) is 32.2. The van der Waals surface area contributed by atoms with Crippen molar-refractivity contribution in [3.63, 3.8) is 0 Å². The van der Waals surface area contributed by atoms with Gasteiger partial charge in [-0.15, -0.1) is 0 Å². The molecule has 5 rings (SSSR count). The average molecular weight is 648 g/mol. The molecule has 5 N–H and O–H groups in total. The number of amidine groups is 2. The van der Waals surface area contributed by atoms with Crippen LogP contribution >= 0.6 is 0 Å². The minimum absolute atomic E-state index is 0.0240. The number of likely N-dealkylation sites (N-methyl/N-ethyl adjacent to an activating group) is 1. The van der Waals surface area contributed by atoms with Crippen molar-refractivity contribution in [2.75, 3.05) is 26.7 Å². The van der Waals surface area contributed by atoms with E-state index in [1.807, 2.05) is 11.9 Å². The van der Waals surface area contributed by atoms with Crippen LogP contribution in [0.3, 0.4) is 0 Å². The number of aromatic carboxylic acids is 1. The third-order valence-electron chi connectivity index (χ3n) is 6.70. The number of benzene rings is 3. The van der Waals surface area contributed by atoms with Crippen molar-refractivity contribution in [3.05, 3.63) is 94.6 Å². The van der Waals surface area contributed by atoms with Gasteiger partial charge in [-0.05, 0) is 55.5 Å².